The van der Waals surface area contributed by atoms with Crippen molar-refractivity contribution in [2.75, 3.05) is 5.32 Å². The van der Waals surface area contributed by atoms with Crippen LogP contribution in [0.2, 0.25) is 10.0 Å². The maximum absolute atomic E-state index is 13.0. The number of nitrogens with zero attached hydrogens (tertiary/aromatic N) is 2. The number of halogens is 5. The number of anilines is 1. The summed E-state index contributed by atoms with van der Waals surface area (Å²) in [6, 6.07) is 10.8. The second-order valence-corrected chi connectivity index (χ2v) is 7.24. The highest BCUT2D eigenvalue weighted by atomic mass is 35.5. The minimum Gasteiger partial charge on any atom is -0.325 e. The van der Waals surface area contributed by atoms with Crippen LogP contribution < -0.4 is 10.9 Å². The van der Waals surface area contributed by atoms with Gasteiger partial charge in [0.2, 0.25) is 5.91 Å². The molecule has 0 bridgehead atoms. The van der Waals surface area contributed by atoms with Crippen molar-refractivity contribution in [3.8, 4) is 11.4 Å². The quantitative estimate of drug-likeness (QED) is 0.589. The van der Waals surface area contributed by atoms with E-state index in [9.17, 15) is 22.8 Å². The monoisotopic (exact) mass is 455 g/mol. The van der Waals surface area contributed by atoms with Gasteiger partial charge in [0, 0.05) is 28.0 Å². The number of hydrogen-bond donors (Lipinski definition) is 1. The molecule has 0 aliphatic heterocycles. The summed E-state index contributed by atoms with van der Waals surface area (Å²) in [4.78, 5) is 29.3. The molecule has 0 fully saturated rings. The average molecular weight is 456 g/mol. The summed E-state index contributed by atoms with van der Waals surface area (Å²) in [5.41, 5.74) is -0.703. The fraction of sp³-hybridized carbons (Fsp3) is 0.150. The van der Waals surface area contributed by atoms with Gasteiger partial charge in [-0.2, -0.15) is 13.2 Å². The largest absolute Gasteiger partial charge is 0.417 e. The van der Waals surface area contributed by atoms with Crippen molar-refractivity contribution in [1.29, 1.82) is 0 Å². The van der Waals surface area contributed by atoms with Crippen molar-refractivity contribution in [1.82, 2.24) is 9.55 Å². The highest BCUT2D eigenvalue weighted by Crippen LogP contribution is 2.36. The number of alkyl halides is 3. The molecule has 3 rings (SSSR count). The van der Waals surface area contributed by atoms with Crippen LogP contribution in [0, 0.1) is 6.92 Å². The molecule has 156 valence electrons. The second-order valence-electron chi connectivity index (χ2n) is 6.40. The molecule has 10 heteroatoms. The molecule has 0 aliphatic rings. The van der Waals surface area contributed by atoms with E-state index in [1.165, 1.54) is 12.1 Å². The van der Waals surface area contributed by atoms with Crippen molar-refractivity contribution >= 4 is 34.8 Å². The van der Waals surface area contributed by atoms with Crippen LogP contribution in [0.1, 0.15) is 11.3 Å². The van der Waals surface area contributed by atoms with Crippen LogP contribution in [-0.4, -0.2) is 15.5 Å². The zero-order valence-corrected chi connectivity index (χ0v) is 16.9. The number of aromatic nitrogens is 2. The predicted molar refractivity (Wildman–Crippen MR) is 109 cm³/mol. The van der Waals surface area contributed by atoms with Gasteiger partial charge < -0.3 is 5.32 Å². The SMILES string of the molecule is Cc1cc(=O)n(CC(=O)Nc2ccc(Cl)c(C(F)(F)F)c2)c(-c2cccc(Cl)c2)n1. The predicted octanol–water partition coefficient (Wildman–Crippen LogP) is 5.18. The van der Waals surface area contributed by atoms with Gasteiger partial charge in [-0.3, -0.25) is 14.2 Å². The lowest BCUT2D eigenvalue weighted by Gasteiger charge is -2.14. The van der Waals surface area contributed by atoms with Gasteiger partial charge in [0.1, 0.15) is 12.4 Å². The lowest BCUT2D eigenvalue weighted by Crippen LogP contribution is -2.29. The van der Waals surface area contributed by atoms with Crippen LogP contribution in [-0.2, 0) is 17.5 Å². The maximum Gasteiger partial charge on any atom is 0.417 e. The minimum absolute atomic E-state index is 0.103. The molecule has 1 amide bonds. The molecule has 30 heavy (non-hydrogen) atoms. The summed E-state index contributed by atoms with van der Waals surface area (Å²) in [7, 11) is 0. The first-order chi connectivity index (χ1) is 14.0. The molecule has 0 saturated carbocycles. The summed E-state index contributed by atoms with van der Waals surface area (Å²) in [6.07, 6.45) is -4.67. The lowest BCUT2D eigenvalue weighted by atomic mass is 10.2. The van der Waals surface area contributed by atoms with E-state index in [1.54, 1.807) is 31.2 Å². The summed E-state index contributed by atoms with van der Waals surface area (Å²) < 4.78 is 40.2. The Labute approximate surface area is 179 Å². The van der Waals surface area contributed by atoms with Gasteiger partial charge in [0.15, 0.2) is 0 Å². The summed E-state index contributed by atoms with van der Waals surface area (Å²) in [5, 5.41) is 2.28. The molecule has 0 spiro atoms. The van der Waals surface area contributed by atoms with Gasteiger partial charge in [-0.05, 0) is 37.3 Å². The van der Waals surface area contributed by atoms with E-state index in [1.807, 2.05) is 0 Å². The van der Waals surface area contributed by atoms with E-state index < -0.39 is 34.8 Å². The third kappa shape index (κ3) is 5.01. The van der Waals surface area contributed by atoms with Crippen molar-refractivity contribution in [2.24, 2.45) is 0 Å². The van der Waals surface area contributed by atoms with Gasteiger partial charge in [-0.1, -0.05) is 35.3 Å². The van der Waals surface area contributed by atoms with Crippen molar-refractivity contribution in [3.63, 3.8) is 0 Å². The van der Waals surface area contributed by atoms with Gasteiger partial charge in [0.25, 0.3) is 5.56 Å². The summed E-state index contributed by atoms with van der Waals surface area (Å²) >= 11 is 11.6. The van der Waals surface area contributed by atoms with Crippen LogP contribution in [0.3, 0.4) is 0 Å². The highest BCUT2D eigenvalue weighted by molar-refractivity contribution is 6.31. The molecule has 5 nitrogen and oxygen atoms in total. The molecule has 0 unspecified atom stereocenters. The van der Waals surface area contributed by atoms with Gasteiger partial charge in [-0.15, -0.1) is 0 Å². The zero-order chi connectivity index (χ0) is 22.1. The Bertz CT molecular complexity index is 1180. The van der Waals surface area contributed by atoms with Crippen molar-refractivity contribution in [3.05, 3.63) is 80.2 Å². The molecular formula is C20H14Cl2F3N3O2. The number of hydrogen-bond acceptors (Lipinski definition) is 3. The first-order valence-electron chi connectivity index (χ1n) is 8.55. The van der Waals surface area contributed by atoms with E-state index in [2.05, 4.69) is 10.3 Å². The molecule has 0 aliphatic carbocycles. The van der Waals surface area contributed by atoms with Crippen LogP contribution in [0.4, 0.5) is 18.9 Å². The Morgan fingerprint density at radius 2 is 1.87 bits per heavy atom. The standard InChI is InChI=1S/C20H14Cl2F3N3O2/c1-11-7-18(30)28(19(26-11)12-3-2-4-13(21)8-12)10-17(29)27-14-5-6-16(22)15(9-14)20(23,24)25/h2-9H,10H2,1H3,(H,27,29). The van der Waals surface area contributed by atoms with Crippen LogP contribution in [0.5, 0.6) is 0 Å². The van der Waals surface area contributed by atoms with Crippen molar-refractivity contribution < 1.29 is 18.0 Å². The summed E-state index contributed by atoms with van der Waals surface area (Å²) in [5.74, 6) is -0.494. The molecule has 0 atom stereocenters. The topological polar surface area (TPSA) is 64.0 Å². The molecule has 2 aromatic carbocycles. The number of amides is 1. The maximum atomic E-state index is 13.0. The van der Waals surface area contributed by atoms with E-state index in [0.717, 1.165) is 16.7 Å². The molecule has 1 heterocycles. The first kappa shape index (κ1) is 21.9. The first-order valence-corrected chi connectivity index (χ1v) is 9.31. The minimum atomic E-state index is -4.67. The molecule has 1 aromatic heterocycles. The number of carbonyl (C=O) groups is 1. The highest BCUT2D eigenvalue weighted by Gasteiger charge is 2.33. The Hall–Kier alpha value is -2.84. The smallest absolute Gasteiger partial charge is 0.325 e. The van der Waals surface area contributed by atoms with E-state index >= 15 is 0 Å². The Balaban J connectivity index is 1.92. The van der Waals surface area contributed by atoms with Crippen LogP contribution in [0.25, 0.3) is 11.4 Å². The lowest BCUT2D eigenvalue weighted by molar-refractivity contribution is -0.137. The van der Waals surface area contributed by atoms with E-state index in [0.29, 0.717) is 16.3 Å². The van der Waals surface area contributed by atoms with E-state index in [4.69, 9.17) is 23.2 Å². The number of nitrogens with one attached hydrogen (secondary N) is 1. The van der Waals surface area contributed by atoms with Crippen molar-refractivity contribution in [2.45, 2.75) is 19.6 Å². The average Bonchev–Trinajstić information content (AvgIpc) is 2.64. The number of carbonyl (C=O) groups excluding carboxylic acids is 1. The Morgan fingerprint density at radius 1 is 1.13 bits per heavy atom. The second kappa shape index (κ2) is 8.49. The Kier molecular flexibility index (Phi) is 6.19. The molecule has 1 N–H and O–H groups in total. The molecule has 3 aromatic rings. The molecular weight excluding hydrogens is 442 g/mol. The molecule has 0 radical (unpaired) electrons. The molecule has 0 saturated heterocycles. The third-order valence-electron chi connectivity index (χ3n) is 4.08. The fourth-order valence-corrected chi connectivity index (χ4v) is 3.20. The van der Waals surface area contributed by atoms with Crippen LogP contribution in [0.15, 0.2) is 53.3 Å². The third-order valence-corrected chi connectivity index (χ3v) is 4.64. The Morgan fingerprint density at radius 3 is 2.53 bits per heavy atom. The summed E-state index contributed by atoms with van der Waals surface area (Å²) in [6.45, 7) is 1.17. The van der Waals surface area contributed by atoms with Gasteiger partial charge >= 0.3 is 6.18 Å². The zero-order valence-electron chi connectivity index (χ0n) is 15.4. The normalized spacial score (nSPS) is 11.4. The fourth-order valence-electron chi connectivity index (χ4n) is 2.79. The number of aryl methyl sites for hydroxylation is 1. The van der Waals surface area contributed by atoms with Gasteiger partial charge in [-0.25, -0.2) is 4.98 Å². The van der Waals surface area contributed by atoms with Crippen LogP contribution >= 0.6 is 23.2 Å². The number of rotatable bonds is 4. The van der Waals surface area contributed by atoms with E-state index in [-0.39, 0.29) is 11.5 Å². The van der Waals surface area contributed by atoms with Gasteiger partial charge in [0.05, 0.1) is 10.6 Å². The number of benzene rings is 2.